The molecular formula is C52H65FN10O4. The van der Waals surface area contributed by atoms with Crippen LogP contribution in [0.1, 0.15) is 83.4 Å². The first-order valence-corrected chi connectivity index (χ1v) is 24.3. The zero-order chi connectivity index (χ0) is 46.4. The highest BCUT2D eigenvalue weighted by atomic mass is 19.1. The average Bonchev–Trinajstić information content (AvgIpc) is 3.66. The third-order valence-electron chi connectivity index (χ3n) is 14.5. The summed E-state index contributed by atoms with van der Waals surface area (Å²) in [5, 5.41) is 11.9. The van der Waals surface area contributed by atoms with Gasteiger partial charge in [-0.2, -0.15) is 0 Å². The molecule has 4 N–H and O–H groups in total. The number of β-amino-alcohol motifs (C(OH)–C–C–N with tert-alkyl or cyclic N) is 1. The highest BCUT2D eigenvalue weighted by molar-refractivity contribution is 6.05. The Morgan fingerprint density at radius 3 is 2.16 bits per heavy atom. The third-order valence-corrected chi connectivity index (χ3v) is 14.5. The van der Waals surface area contributed by atoms with Gasteiger partial charge in [0.25, 0.3) is 5.91 Å². The summed E-state index contributed by atoms with van der Waals surface area (Å²) >= 11 is 0. The predicted octanol–water partition coefficient (Wildman–Crippen LogP) is 4.33. The smallest absolute Gasteiger partial charge is 0.255 e. The normalized spacial score (nSPS) is 20.9. The topological polar surface area (TPSA) is 155 Å². The molecular weight excluding hydrogens is 848 g/mol. The van der Waals surface area contributed by atoms with E-state index >= 15 is 0 Å². The predicted molar refractivity (Wildman–Crippen MR) is 258 cm³/mol. The van der Waals surface area contributed by atoms with E-state index in [1.165, 1.54) is 16.5 Å². The molecule has 1 aromatic heterocycles. The molecule has 354 valence electrons. The van der Waals surface area contributed by atoms with E-state index in [0.29, 0.717) is 30.1 Å². The van der Waals surface area contributed by atoms with Gasteiger partial charge in [-0.15, -0.1) is 0 Å². The van der Waals surface area contributed by atoms with Crippen molar-refractivity contribution in [3.8, 4) is 11.3 Å². The number of aliphatic hydroxyl groups is 1. The number of nitrogens with zero attached hydrogens (tertiary/aromatic N) is 8. The SMILES string of the molecule is CC(N)=C(c1ccccc1)c1nc(-c2cccc(CCCN3CCN(CCN4CCC(c5cc(F)cc6c5CN(C5CCC(=O)NC5=O)C6=O)CC4)CC3)c2)cc(N2CCN(CCO)CC2)n1. The number of anilines is 1. The van der Waals surface area contributed by atoms with Gasteiger partial charge in [0.2, 0.25) is 11.8 Å². The number of hydrogen-bond donors (Lipinski definition) is 3. The van der Waals surface area contributed by atoms with E-state index in [4.69, 9.17) is 15.7 Å². The molecule has 0 aliphatic carbocycles. The lowest BCUT2D eigenvalue weighted by atomic mass is 9.85. The number of nitrogens with one attached hydrogen (secondary N) is 1. The zero-order valence-electron chi connectivity index (χ0n) is 38.8. The zero-order valence-corrected chi connectivity index (χ0v) is 38.8. The van der Waals surface area contributed by atoms with Crippen LogP contribution in [0, 0.1) is 5.82 Å². The first-order chi connectivity index (χ1) is 32.6. The van der Waals surface area contributed by atoms with Gasteiger partial charge >= 0.3 is 0 Å². The van der Waals surface area contributed by atoms with Gasteiger partial charge in [-0.25, -0.2) is 14.4 Å². The molecule has 3 aromatic carbocycles. The molecule has 0 radical (unpaired) electrons. The van der Waals surface area contributed by atoms with E-state index in [-0.39, 0.29) is 37.3 Å². The van der Waals surface area contributed by atoms with E-state index in [9.17, 15) is 23.9 Å². The van der Waals surface area contributed by atoms with Crippen LogP contribution in [0.25, 0.3) is 16.8 Å². The van der Waals surface area contributed by atoms with Crippen LogP contribution >= 0.6 is 0 Å². The lowest BCUT2D eigenvalue weighted by Crippen LogP contribution is -2.52. The number of piperazine rings is 2. The highest BCUT2D eigenvalue weighted by Gasteiger charge is 2.41. The van der Waals surface area contributed by atoms with E-state index in [2.05, 4.69) is 72.3 Å². The largest absolute Gasteiger partial charge is 0.402 e. The molecule has 5 aliphatic heterocycles. The lowest BCUT2D eigenvalue weighted by Gasteiger charge is -2.37. The van der Waals surface area contributed by atoms with Crippen LogP contribution < -0.4 is 16.0 Å². The summed E-state index contributed by atoms with van der Waals surface area (Å²) in [6.07, 6.45) is 4.32. The molecule has 4 saturated heterocycles. The van der Waals surface area contributed by atoms with Gasteiger partial charge in [0.1, 0.15) is 17.7 Å². The Labute approximate surface area is 393 Å². The van der Waals surface area contributed by atoms with Crippen molar-refractivity contribution in [2.45, 2.75) is 64.0 Å². The number of carbonyl (C=O) groups is 3. The van der Waals surface area contributed by atoms with Crippen molar-refractivity contribution in [2.24, 2.45) is 5.73 Å². The number of piperidine rings is 2. The van der Waals surface area contributed by atoms with Crippen molar-refractivity contribution in [3.63, 3.8) is 0 Å². The maximum absolute atomic E-state index is 14.9. The molecule has 6 heterocycles. The van der Waals surface area contributed by atoms with Gasteiger partial charge in [-0.05, 0) is 105 Å². The summed E-state index contributed by atoms with van der Waals surface area (Å²) in [7, 11) is 0. The summed E-state index contributed by atoms with van der Waals surface area (Å²) in [5.41, 5.74) is 14.4. The number of aromatic nitrogens is 2. The summed E-state index contributed by atoms with van der Waals surface area (Å²) < 4.78 is 14.9. The Hall–Kier alpha value is -5.58. The van der Waals surface area contributed by atoms with Crippen molar-refractivity contribution >= 4 is 29.1 Å². The molecule has 3 amide bonds. The quantitative estimate of drug-likeness (QED) is 0.146. The number of halogens is 1. The Balaban J connectivity index is 0.751. The summed E-state index contributed by atoms with van der Waals surface area (Å²) in [4.78, 5) is 61.8. The molecule has 1 unspecified atom stereocenters. The molecule has 1 atom stereocenters. The van der Waals surface area contributed by atoms with Crippen LogP contribution in [0.4, 0.5) is 10.2 Å². The first-order valence-electron chi connectivity index (χ1n) is 24.3. The Morgan fingerprint density at radius 2 is 1.46 bits per heavy atom. The molecule has 0 bridgehead atoms. The van der Waals surface area contributed by atoms with E-state index in [1.807, 2.05) is 25.1 Å². The van der Waals surface area contributed by atoms with Crippen molar-refractivity contribution in [1.29, 1.82) is 0 Å². The number of rotatable bonds is 15. The molecule has 9 rings (SSSR count). The number of imide groups is 1. The molecule has 4 aromatic rings. The lowest BCUT2D eigenvalue weighted by molar-refractivity contribution is -0.136. The van der Waals surface area contributed by atoms with Crippen molar-refractivity contribution in [2.75, 3.05) is 103 Å². The molecule has 0 saturated carbocycles. The van der Waals surface area contributed by atoms with Gasteiger partial charge in [0.15, 0.2) is 5.82 Å². The van der Waals surface area contributed by atoms with Crippen LogP contribution in [0.3, 0.4) is 0 Å². The summed E-state index contributed by atoms with van der Waals surface area (Å²) in [5.74, 6) is 0.148. The van der Waals surface area contributed by atoms with Crippen molar-refractivity contribution in [3.05, 3.63) is 118 Å². The minimum atomic E-state index is -0.710. The van der Waals surface area contributed by atoms with Gasteiger partial charge in [-0.3, -0.25) is 29.5 Å². The van der Waals surface area contributed by atoms with Gasteiger partial charge in [-0.1, -0.05) is 48.5 Å². The van der Waals surface area contributed by atoms with Crippen LogP contribution in [-0.2, 0) is 22.6 Å². The second kappa shape index (κ2) is 21.2. The van der Waals surface area contributed by atoms with Crippen LogP contribution in [-0.4, -0.2) is 162 Å². The Morgan fingerprint density at radius 1 is 0.776 bits per heavy atom. The van der Waals surface area contributed by atoms with Crippen LogP contribution in [0.15, 0.2) is 78.5 Å². The fourth-order valence-electron chi connectivity index (χ4n) is 10.7. The number of carbonyl (C=O) groups excluding carboxylic acids is 3. The van der Waals surface area contributed by atoms with Crippen molar-refractivity contribution in [1.82, 2.24) is 39.8 Å². The highest BCUT2D eigenvalue weighted by Crippen LogP contribution is 2.38. The van der Waals surface area contributed by atoms with E-state index < -0.39 is 17.8 Å². The minimum absolute atomic E-state index is 0.154. The van der Waals surface area contributed by atoms with Gasteiger partial charge in [0, 0.05) is 113 Å². The van der Waals surface area contributed by atoms with Gasteiger partial charge < -0.3 is 30.4 Å². The maximum Gasteiger partial charge on any atom is 0.255 e. The van der Waals surface area contributed by atoms with Gasteiger partial charge in [0.05, 0.1) is 12.3 Å². The molecule has 5 aliphatic rings. The monoisotopic (exact) mass is 913 g/mol. The number of amides is 3. The Kier molecular flexibility index (Phi) is 14.7. The molecule has 4 fully saturated rings. The minimum Gasteiger partial charge on any atom is -0.402 e. The summed E-state index contributed by atoms with van der Waals surface area (Å²) in [6.45, 7) is 15.5. The average molecular weight is 913 g/mol. The number of aliphatic hydroxyl groups excluding tert-OH is 1. The van der Waals surface area contributed by atoms with E-state index in [0.717, 1.165) is 150 Å². The Bertz CT molecular complexity index is 2440. The van der Waals surface area contributed by atoms with Crippen LogP contribution in [0.2, 0.25) is 0 Å². The number of hydrogen-bond acceptors (Lipinski definition) is 12. The molecule has 15 heteroatoms. The second-order valence-electron chi connectivity index (χ2n) is 18.9. The fraction of sp³-hybridized carbons (Fsp3) is 0.481. The first kappa shape index (κ1) is 46.5. The van der Waals surface area contributed by atoms with Crippen LogP contribution in [0.5, 0.6) is 0 Å². The number of aryl methyl sites for hydroxylation is 1. The molecule has 14 nitrogen and oxygen atoms in total. The molecule has 0 spiro atoms. The number of nitrogens with two attached hydrogens (primary N) is 1. The standard InChI is InChI=1S/C52H65FN10O4/c1-36(54)49(39-9-3-2-4-10-39)50-55-45(34-47(56-50)62-27-25-61(26-28-62)29-30-64)40-11-5-7-37(31-40)8-6-16-58-19-22-60(23-20-58)24-21-59-17-14-38(15-18-59)42-32-41(53)33-43-44(42)35-63(52(43)67)46-12-13-48(65)57-51(46)66/h2-5,7,9-11,31-34,38,46,64H,6,8,12-30,35,54H2,1H3,(H,57,65,66). The number of benzene rings is 3. The number of likely N-dealkylation sites (tertiary alicyclic amines) is 1. The third kappa shape index (κ3) is 10.9. The maximum atomic E-state index is 14.9. The van der Waals surface area contributed by atoms with E-state index in [1.54, 1.807) is 6.07 Å². The number of allylic oxidation sites excluding steroid dienone is 1. The number of fused-ring (bicyclic) bond motifs is 1. The molecule has 67 heavy (non-hydrogen) atoms. The summed E-state index contributed by atoms with van der Waals surface area (Å²) in [6, 6.07) is 23.2. The second-order valence-corrected chi connectivity index (χ2v) is 18.9. The van der Waals surface area contributed by atoms with Crippen molar-refractivity contribution < 1.29 is 23.9 Å². The fourth-order valence-corrected chi connectivity index (χ4v) is 10.7.